The number of hydrogen-bond acceptors (Lipinski definition) is 12. The number of rotatable bonds is 9. The van der Waals surface area contributed by atoms with Gasteiger partial charge in [0.25, 0.3) is 23.6 Å². The Labute approximate surface area is 272 Å². The molecule has 4 aliphatic heterocycles. The first-order valence-electron chi connectivity index (χ1n) is 15.0. The summed E-state index contributed by atoms with van der Waals surface area (Å²) in [6.07, 6.45) is -1.23. The summed E-state index contributed by atoms with van der Waals surface area (Å²) in [5.41, 5.74) is 8.00. The number of fused-ring (bicyclic) bond motifs is 2. The maximum absolute atomic E-state index is 13.8. The first-order valence-corrected chi connectivity index (χ1v) is 15.0. The fourth-order valence-electron chi connectivity index (χ4n) is 6.01. The third kappa shape index (κ3) is 6.52. The van der Waals surface area contributed by atoms with Crippen LogP contribution in [0.15, 0.2) is 36.4 Å². The van der Waals surface area contributed by atoms with Crippen LogP contribution >= 0.6 is 0 Å². The molecule has 2 aromatic rings. The van der Waals surface area contributed by atoms with Crippen LogP contribution in [0.5, 0.6) is 0 Å². The predicted octanol–water partition coefficient (Wildman–Crippen LogP) is -3.90. The van der Waals surface area contributed by atoms with Crippen molar-refractivity contribution in [3.63, 3.8) is 0 Å². The van der Waals surface area contributed by atoms with Gasteiger partial charge in [0.2, 0.25) is 11.8 Å². The van der Waals surface area contributed by atoms with E-state index in [0.717, 1.165) is 5.56 Å². The summed E-state index contributed by atoms with van der Waals surface area (Å²) in [5.74, 6) is -5.85. The van der Waals surface area contributed by atoms with E-state index in [-0.39, 0.29) is 50.1 Å². The molecule has 0 bridgehead atoms. The molecular weight excluding hydrogens is 632 g/mol. The van der Waals surface area contributed by atoms with Crippen LogP contribution in [0.4, 0.5) is 0 Å². The molecular formula is C29H29B2N5O12. The number of imide groups is 1. The molecule has 19 heteroatoms. The first kappa shape index (κ1) is 32.8. The molecule has 0 aromatic heterocycles. The summed E-state index contributed by atoms with van der Waals surface area (Å²) in [4.78, 5) is 95.0. The van der Waals surface area contributed by atoms with Gasteiger partial charge >= 0.3 is 20.2 Å². The minimum atomic E-state index is -1.64. The van der Waals surface area contributed by atoms with Crippen LogP contribution in [0.1, 0.15) is 57.5 Å². The Bertz CT molecular complexity index is 1720. The minimum Gasteiger partial charge on any atom is -0.423 e. The van der Waals surface area contributed by atoms with Crippen LogP contribution in [-0.2, 0) is 51.3 Å². The zero-order valence-electron chi connectivity index (χ0n) is 25.2. The molecule has 4 aliphatic rings. The number of carbonyl (C=O) groups excluding carboxylic acids is 7. The van der Waals surface area contributed by atoms with Crippen LogP contribution in [0.3, 0.4) is 0 Å². The number of hydrogen-bond donors (Lipinski definition) is 5. The highest BCUT2D eigenvalue weighted by Gasteiger charge is 2.43. The Kier molecular flexibility index (Phi) is 9.02. The van der Waals surface area contributed by atoms with Gasteiger partial charge in [0.15, 0.2) is 0 Å². The molecule has 4 heterocycles. The molecule has 6 rings (SSSR count). The number of nitrogens with zero attached hydrogens (tertiary/aromatic N) is 2. The van der Waals surface area contributed by atoms with Gasteiger partial charge in [-0.3, -0.25) is 28.8 Å². The molecule has 2 fully saturated rings. The third-order valence-corrected chi connectivity index (χ3v) is 8.56. The molecule has 48 heavy (non-hydrogen) atoms. The van der Waals surface area contributed by atoms with Crippen LogP contribution in [0.2, 0.25) is 0 Å². The highest BCUT2D eigenvalue weighted by molar-refractivity contribution is 6.62. The van der Waals surface area contributed by atoms with Crippen molar-refractivity contribution in [2.45, 2.75) is 57.0 Å². The summed E-state index contributed by atoms with van der Waals surface area (Å²) in [6.45, 7) is 0.202. The molecule has 2 aromatic carbocycles. The van der Waals surface area contributed by atoms with Crippen molar-refractivity contribution in [1.82, 2.24) is 20.6 Å². The Hall–Kier alpha value is -5.10. The van der Waals surface area contributed by atoms with Gasteiger partial charge in [0, 0.05) is 36.6 Å². The fraction of sp³-hybridized carbons (Fsp3) is 0.345. The van der Waals surface area contributed by atoms with E-state index >= 15 is 0 Å². The number of likely N-dealkylation sites (tertiary alicyclic amines) is 1. The molecule has 0 unspecified atom stereocenters. The Balaban J connectivity index is 1.20. The van der Waals surface area contributed by atoms with Gasteiger partial charge < -0.3 is 45.5 Å². The van der Waals surface area contributed by atoms with Crippen LogP contribution in [-0.4, -0.2) is 100 Å². The largest absolute Gasteiger partial charge is 0.491 e. The maximum Gasteiger partial charge on any atom is 0.491 e. The molecule has 0 aliphatic carbocycles. The Morgan fingerprint density at radius 3 is 2.12 bits per heavy atom. The van der Waals surface area contributed by atoms with Gasteiger partial charge in [0.1, 0.15) is 12.1 Å². The van der Waals surface area contributed by atoms with Crippen molar-refractivity contribution in [3.8, 4) is 0 Å². The quantitative estimate of drug-likeness (QED) is 0.128. The summed E-state index contributed by atoms with van der Waals surface area (Å²) < 4.78 is 10.4. The zero-order chi connectivity index (χ0) is 34.3. The molecule has 0 radical (unpaired) electrons. The summed E-state index contributed by atoms with van der Waals surface area (Å²) in [7, 11) is -2.42. The number of nitrogens with two attached hydrogens (primary N) is 1. The van der Waals surface area contributed by atoms with E-state index in [1.807, 2.05) is 0 Å². The van der Waals surface area contributed by atoms with Gasteiger partial charge in [-0.15, -0.1) is 5.06 Å². The van der Waals surface area contributed by atoms with E-state index < -0.39 is 80.2 Å². The summed E-state index contributed by atoms with van der Waals surface area (Å²) in [5, 5.41) is 25.6. The number of nitrogens with one attached hydrogen (secondary N) is 2. The van der Waals surface area contributed by atoms with Gasteiger partial charge in [-0.1, -0.05) is 12.1 Å². The summed E-state index contributed by atoms with van der Waals surface area (Å²) in [6, 6.07) is 5.57. The van der Waals surface area contributed by atoms with Crippen LogP contribution in [0, 0.1) is 0 Å². The van der Waals surface area contributed by atoms with Gasteiger partial charge in [-0.25, -0.2) is 4.79 Å². The second kappa shape index (κ2) is 13.2. The lowest BCUT2D eigenvalue weighted by Crippen LogP contribution is -2.53. The smallest absolute Gasteiger partial charge is 0.423 e. The van der Waals surface area contributed by atoms with E-state index in [4.69, 9.17) is 19.9 Å². The average Bonchev–Trinajstić information content (AvgIpc) is 3.83. The number of amides is 6. The van der Waals surface area contributed by atoms with E-state index in [2.05, 4.69) is 10.6 Å². The van der Waals surface area contributed by atoms with Crippen molar-refractivity contribution < 1.29 is 57.8 Å². The normalized spacial score (nSPS) is 20.5. The third-order valence-electron chi connectivity index (χ3n) is 8.56. The van der Waals surface area contributed by atoms with Crippen LogP contribution in [0.25, 0.3) is 0 Å². The van der Waals surface area contributed by atoms with E-state index in [1.54, 1.807) is 18.2 Å². The average molecular weight is 661 g/mol. The lowest BCUT2D eigenvalue weighted by Gasteiger charge is -2.26. The van der Waals surface area contributed by atoms with Gasteiger partial charge in [-0.05, 0) is 52.7 Å². The molecule has 3 atom stereocenters. The van der Waals surface area contributed by atoms with Crippen molar-refractivity contribution in [2.75, 3.05) is 6.54 Å². The van der Waals surface area contributed by atoms with E-state index in [0.29, 0.717) is 21.6 Å². The van der Waals surface area contributed by atoms with Crippen molar-refractivity contribution in [3.05, 3.63) is 58.7 Å². The molecule has 17 nitrogen and oxygen atoms in total. The Morgan fingerprint density at radius 1 is 0.938 bits per heavy atom. The molecule has 0 spiro atoms. The minimum absolute atomic E-state index is 0.108. The first-order chi connectivity index (χ1) is 22.9. The second-order valence-corrected chi connectivity index (χ2v) is 11.7. The topological polar surface area (TPSA) is 244 Å². The molecule has 6 amide bonds. The standard InChI is InChI=1S/C29H29B2N5O12/c32-26(40)21(10-25(39)48-36-23(37)5-6-24(36)38)34-28(42)22-9-18(33-27(41)14-1-3-16-12-46-30(44)19(16)7-14)11-35(22)29(43)15-2-4-17-13-47-31(45)20(17)8-15/h1-4,7-8,18,21-22,44-45H,5-6,9-13H2,(H2,32,40)(H,33,41)(H,34,42)/t18-,21+,22+/m1/s1. The lowest BCUT2D eigenvalue weighted by atomic mass is 9.78. The number of carbonyl (C=O) groups is 7. The highest BCUT2D eigenvalue weighted by atomic mass is 16.7. The predicted molar refractivity (Wildman–Crippen MR) is 161 cm³/mol. The molecule has 6 N–H and O–H groups in total. The fourth-order valence-corrected chi connectivity index (χ4v) is 6.01. The Morgan fingerprint density at radius 2 is 1.52 bits per heavy atom. The van der Waals surface area contributed by atoms with E-state index in [1.165, 1.54) is 23.1 Å². The van der Waals surface area contributed by atoms with Crippen molar-refractivity contribution >= 4 is 66.6 Å². The highest BCUT2D eigenvalue weighted by Crippen LogP contribution is 2.23. The number of primary amides is 1. The van der Waals surface area contributed by atoms with Gasteiger partial charge in [0.05, 0.1) is 19.6 Å². The van der Waals surface area contributed by atoms with Crippen molar-refractivity contribution in [1.29, 1.82) is 0 Å². The van der Waals surface area contributed by atoms with Gasteiger partial charge in [-0.2, -0.15) is 0 Å². The molecule has 2 saturated heterocycles. The van der Waals surface area contributed by atoms with Crippen LogP contribution < -0.4 is 27.3 Å². The second-order valence-electron chi connectivity index (χ2n) is 11.7. The van der Waals surface area contributed by atoms with E-state index in [9.17, 15) is 43.6 Å². The zero-order valence-corrected chi connectivity index (χ0v) is 25.2. The number of hydroxylamine groups is 2. The SMILES string of the molecule is NC(=O)[C@H](CC(=O)ON1C(=O)CCC1=O)NC(=O)[C@@H]1C[C@@H](NC(=O)c2ccc3c(c2)B(O)OC3)CN1C(=O)c1ccc2c(c1)B(O)OC2. The molecule has 248 valence electrons. The molecule has 0 saturated carbocycles. The summed E-state index contributed by atoms with van der Waals surface area (Å²) >= 11 is 0. The van der Waals surface area contributed by atoms with Crippen molar-refractivity contribution in [2.24, 2.45) is 5.73 Å². The monoisotopic (exact) mass is 661 g/mol. The lowest BCUT2D eigenvalue weighted by molar-refractivity contribution is -0.197. The maximum atomic E-state index is 13.8. The number of benzene rings is 2.